The predicted molar refractivity (Wildman–Crippen MR) is 42.2 cm³/mol. The molecular formula is C7H18O4. The quantitative estimate of drug-likeness (QED) is 0.437. The van der Waals surface area contributed by atoms with Crippen LogP contribution in [-0.4, -0.2) is 46.4 Å². The molecule has 0 aromatic rings. The molecule has 4 heteroatoms. The van der Waals surface area contributed by atoms with Crippen molar-refractivity contribution >= 4 is 0 Å². The third kappa shape index (κ3) is 17.7. The van der Waals surface area contributed by atoms with E-state index in [0.29, 0.717) is 6.61 Å². The van der Waals surface area contributed by atoms with Crippen molar-refractivity contribution < 1.29 is 20.4 Å². The number of unbranched alkanes of at least 4 members (excludes halogenated alkanes) is 1. The van der Waals surface area contributed by atoms with Crippen LogP contribution < -0.4 is 0 Å². The van der Waals surface area contributed by atoms with Crippen molar-refractivity contribution in [2.24, 2.45) is 0 Å². The summed E-state index contributed by atoms with van der Waals surface area (Å²) >= 11 is 0. The average molecular weight is 166 g/mol. The molecule has 0 fully saturated rings. The number of rotatable bonds is 4. The molecule has 0 aliphatic heterocycles. The molecule has 0 rings (SSSR count). The van der Waals surface area contributed by atoms with Gasteiger partial charge < -0.3 is 20.4 Å². The van der Waals surface area contributed by atoms with E-state index in [0.717, 1.165) is 12.8 Å². The minimum absolute atomic E-state index is 0.344. The molecule has 4 N–H and O–H groups in total. The van der Waals surface area contributed by atoms with E-state index in [4.69, 9.17) is 20.4 Å². The first-order valence-electron chi connectivity index (χ1n) is 3.73. The summed E-state index contributed by atoms with van der Waals surface area (Å²) in [7, 11) is 0. The molecule has 0 bridgehead atoms. The van der Waals surface area contributed by atoms with E-state index in [-0.39, 0.29) is 13.2 Å². The summed E-state index contributed by atoms with van der Waals surface area (Å²) in [5, 5.41) is 32.1. The predicted octanol–water partition coefficient (Wildman–Crippen LogP) is -0.889. The highest BCUT2D eigenvalue weighted by Gasteiger charge is 1.93. The molecule has 0 spiro atoms. The molecule has 0 aliphatic rings. The van der Waals surface area contributed by atoms with Crippen LogP contribution in [0.15, 0.2) is 0 Å². The minimum atomic E-state index is -0.954. The van der Waals surface area contributed by atoms with Gasteiger partial charge in [-0.15, -0.1) is 0 Å². The third-order valence-corrected chi connectivity index (χ3v) is 0.933. The zero-order chi connectivity index (χ0) is 9.11. The highest BCUT2D eigenvalue weighted by molar-refractivity contribution is 4.43. The molecule has 0 heterocycles. The van der Waals surface area contributed by atoms with Gasteiger partial charge in [-0.25, -0.2) is 0 Å². The van der Waals surface area contributed by atoms with Gasteiger partial charge in [-0.05, 0) is 6.42 Å². The van der Waals surface area contributed by atoms with Crippen LogP contribution in [0.3, 0.4) is 0 Å². The topological polar surface area (TPSA) is 80.9 Å². The molecule has 4 nitrogen and oxygen atoms in total. The molecular weight excluding hydrogens is 148 g/mol. The van der Waals surface area contributed by atoms with Gasteiger partial charge in [-0.3, -0.25) is 0 Å². The van der Waals surface area contributed by atoms with E-state index >= 15 is 0 Å². The molecule has 0 unspecified atom stereocenters. The lowest BCUT2D eigenvalue weighted by Gasteiger charge is -1.96. The molecule has 0 aliphatic carbocycles. The van der Waals surface area contributed by atoms with Crippen molar-refractivity contribution in [3.8, 4) is 0 Å². The van der Waals surface area contributed by atoms with Gasteiger partial charge in [0.2, 0.25) is 0 Å². The van der Waals surface area contributed by atoms with Crippen LogP contribution >= 0.6 is 0 Å². The smallest absolute Gasteiger partial charge is 0.100 e. The average Bonchev–Trinajstić information content (AvgIpc) is 2.06. The molecule has 0 saturated heterocycles. The number of aliphatic hydroxyl groups excluding tert-OH is 4. The van der Waals surface area contributed by atoms with Gasteiger partial charge in [0.05, 0.1) is 13.2 Å². The maximum absolute atomic E-state index is 8.17. The Morgan fingerprint density at radius 1 is 1.09 bits per heavy atom. The Labute approximate surface area is 67.1 Å². The largest absolute Gasteiger partial charge is 0.396 e. The van der Waals surface area contributed by atoms with Gasteiger partial charge in [0.1, 0.15) is 6.10 Å². The van der Waals surface area contributed by atoms with Crippen LogP contribution in [0.4, 0.5) is 0 Å². The second kappa shape index (κ2) is 12.5. The normalized spacial score (nSPS) is 9.27. The molecule has 0 radical (unpaired) electrons. The van der Waals surface area contributed by atoms with E-state index in [9.17, 15) is 0 Å². The van der Waals surface area contributed by atoms with Crippen LogP contribution in [0.1, 0.15) is 19.8 Å². The SMILES string of the molecule is CCCCO.OCC(O)CO. The maximum Gasteiger partial charge on any atom is 0.100 e. The highest BCUT2D eigenvalue weighted by Crippen LogP contribution is 1.78. The van der Waals surface area contributed by atoms with E-state index in [1.54, 1.807) is 0 Å². The summed E-state index contributed by atoms with van der Waals surface area (Å²) in [6.07, 6.45) is 1.08. The minimum Gasteiger partial charge on any atom is -0.396 e. The van der Waals surface area contributed by atoms with E-state index in [1.807, 2.05) is 0 Å². The lowest BCUT2D eigenvalue weighted by atomic mass is 10.4. The Balaban J connectivity index is 0. The summed E-state index contributed by atoms with van der Waals surface area (Å²) in [5.41, 5.74) is 0. The molecule has 0 amide bonds. The van der Waals surface area contributed by atoms with E-state index in [1.165, 1.54) is 0 Å². The van der Waals surface area contributed by atoms with Gasteiger partial charge >= 0.3 is 0 Å². The van der Waals surface area contributed by atoms with Gasteiger partial charge in [-0.1, -0.05) is 13.3 Å². The van der Waals surface area contributed by atoms with Crippen LogP contribution in [0, 0.1) is 0 Å². The lowest BCUT2D eigenvalue weighted by Crippen LogP contribution is -2.15. The van der Waals surface area contributed by atoms with Crippen LogP contribution in [0.25, 0.3) is 0 Å². The molecule has 0 aromatic carbocycles. The molecule has 70 valence electrons. The number of hydrogen-bond acceptors (Lipinski definition) is 4. The second-order valence-electron chi connectivity index (χ2n) is 2.10. The summed E-state index contributed by atoms with van der Waals surface area (Å²) in [6, 6.07) is 0. The van der Waals surface area contributed by atoms with Gasteiger partial charge in [0.15, 0.2) is 0 Å². The Morgan fingerprint density at radius 3 is 1.55 bits per heavy atom. The number of hydrogen-bond donors (Lipinski definition) is 4. The first kappa shape index (κ1) is 13.4. The van der Waals surface area contributed by atoms with Crippen molar-refractivity contribution in [1.29, 1.82) is 0 Å². The van der Waals surface area contributed by atoms with Gasteiger partial charge in [-0.2, -0.15) is 0 Å². The van der Waals surface area contributed by atoms with E-state index in [2.05, 4.69) is 6.92 Å². The number of aliphatic hydroxyl groups is 4. The summed E-state index contributed by atoms with van der Waals surface area (Å²) in [4.78, 5) is 0. The van der Waals surface area contributed by atoms with E-state index < -0.39 is 6.10 Å². The van der Waals surface area contributed by atoms with Crippen LogP contribution in [-0.2, 0) is 0 Å². The van der Waals surface area contributed by atoms with Gasteiger partial charge in [0, 0.05) is 6.61 Å². The van der Waals surface area contributed by atoms with Crippen molar-refractivity contribution in [2.45, 2.75) is 25.9 Å². The Kier molecular flexibility index (Phi) is 15.3. The zero-order valence-electron chi connectivity index (χ0n) is 6.90. The third-order valence-electron chi connectivity index (χ3n) is 0.933. The molecule has 0 saturated carbocycles. The molecule has 0 aromatic heterocycles. The fraction of sp³-hybridized carbons (Fsp3) is 1.00. The Morgan fingerprint density at radius 2 is 1.55 bits per heavy atom. The van der Waals surface area contributed by atoms with Crippen molar-refractivity contribution in [3.05, 3.63) is 0 Å². The van der Waals surface area contributed by atoms with Crippen molar-refractivity contribution in [1.82, 2.24) is 0 Å². The van der Waals surface area contributed by atoms with Gasteiger partial charge in [0.25, 0.3) is 0 Å². The lowest BCUT2D eigenvalue weighted by molar-refractivity contribution is 0.0450. The molecule has 11 heavy (non-hydrogen) atoms. The molecule has 0 atom stereocenters. The highest BCUT2D eigenvalue weighted by atomic mass is 16.3. The monoisotopic (exact) mass is 166 g/mol. The second-order valence-corrected chi connectivity index (χ2v) is 2.10. The summed E-state index contributed by atoms with van der Waals surface area (Å²) < 4.78 is 0. The fourth-order valence-corrected chi connectivity index (χ4v) is 0.216. The van der Waals surface area contributed by atoms with Crippen LogP contribution in [0.2, 0.25) is 0 Å². The Hall–Kier alpha value is -0.160. The Bertz CT molecular complexity index is 52.4. The maximum atomic E-state index is 8.17. The first-order chi connectivity index (χ1) is 5.22. The van der Waals surface area contributed by atoms with Crippen LogP contribution in [0.5, 0.6) is 0 Å². The van der Waals surface area contributed by atoms with Crippen molar-refractivity contribution in [2.75, 3.05) is 19.8 Å². The first-order valence-corrected chi connectivity index (χ1v) is 3.73. The standard InChI is InChI=1S/C4H10O.C3H8O3/c1-2-3-4-5;4-1-3(6)2-5/h5H,2-4H2,1H3;3-6H,1-2H2. The van der Waals surface area contributed by atoms with Crippen molar-refractivity contribution in [3.63, 3.8) is 0 Å². The summed E-state index contributed by atoms with van der Waals surface area (Å²) in [5.74, 6) is 0. The zero-order valence-corrected chi connectivity index (χ0v) is 6.90. The fourth-order valence-electron chi connectivity index (χ4n) is 0.216. The summed E-state index contributed by atoms with van der Waals surface area (Å²) in [6.45, 7) is 1.67.